The lowest BCUT2D eigenvalue weighted by Gasteiger charge is -2.35. The second-order valence-corrected chi connectivity index (χ2v) is 6.84. The van der Waals surface area contributed by atoms with Gasteiger partial charge in [0, 0.05) is 43.8 Å². The van der Waals surface area contributed by atoms with Crippen LogP contribution in [0.1, 0.15) is 17.7 Å². The number of aromatic nitrogens is 1. The number of anilines is 1. The summed E-state index contributed by atoms with van der Waals surface area (Å²) < 4.78 is 5.70. The summed E-state index contributed by atoms with van der Waals surface area (Å²) in [4.78, 5) is 22.2. The normalized spacial score (nSPS) is 26.4. The van der Waals surface area contributed by atoms with Gasteiger partial charge >= 0.3 is 0 Å². The monoisotopic (exact) mass is 310 g/mol. The lowest BCUT2D eigenvalue weighted by Crippen LogP contribution is -2.51. The van der Waals surface area contributed by atoms with Gasteiger partial charge in [-0.1, -0.05) is 0 Å². The quantitative estimate of drug-likeness (QED) is 0.885. The van der Waals surface area contributed by atoms with Gasteiger partial charge in [0.25, 0.3) is 5.91 Å². The van der Waals surface area contributed by atoms with E-state index in [1.165, 1.54) is 4.88 Å². The van der Waals surface area contributed by atoms with Gasteiger partial charge in [-0.3, -0.25) is 4.79 Å². The predicted octanol–water partition coefficient (Wildman–Crippen LogP) is 0.606. The SMILES string of the molecule is Cc1cnc(N2CCN(C(=O)[C@@H]3CC[C@H](CN)O3)CC2)s1. The fourth-order valence-corrected chi connectivity index (χ4v) is 3.68. The van der Waals surface area contributed by atoms with Crippen LogP contribution in [0.3, 0.4) is 0 Å². The standard InChI is InChI=1S/C14H22N4O2S/c1-10-9-16-14(21-10)18-6-4-17(5-7-18)13(19)12-3-2-11(8-15)20-12/h9,11-12H,2-8,15H2,1H3/t11-,12+/m1/s1. The number of hydrogen-bond acceptors (Lipinski definition) is 6. The summed E-state index contributed by atoms with van der Waals surface area (Å²) in [5, 5.41) is 1.06. The third-order valence-corrected chi connectivity index (χ3v) is 5.09. The maximum atomic E-state index is 12.4. The van der Waals surface area contributed by atoms with E-state index in [2.05, 4.69) is 16.8 Å². The number of carbonyl (C=O) groups is 1. The van der Waals surface area contributed by atoms with Crippen molar-refractivity contribution in [3.8, 4) is 0 Å². The highest BCUT2D eigenvalue weighted by Gasteiger charge is 2.34. The minimum absolute atomic E-state index is 0.0542. The zero-order chi connectivity index (χ0) is 14.8. The number of carbonyl (C=O) groups excluding carboxylic acids is 1. The van der Waals surface area contributed by atoms with Gasteiger partial charge in [-0.25, -0.2) is 4.98 Å². The Balaban J connectivity index is 1.52. The van der Waals surface area contributed by atoms with Crippen LogP contribution in [0.4, 0.5) is 5.13 Å². The predicted molar refractivity (Wildman–Crippen MR) is 82.6 cm³/mol. The van der Waals surface area contributed by atoms with Crippen molar-refractivity contribution in [2.24, 2.45) is 5.73 Å². The molecule has 6 nitrogen and oxygen atoms in total. The van der Waals surface area contributed by atoms with Crippen LogP contribution >= 0.6 is 11.3 Å². The Bertz CT molecular complexity index is 499. The van der Waals surface area contributed by atoms with Crippen LogP contribution in [0.15, 0.2) is 6.20 Å². The van der Waals surface area contributed by atoms with Crippen LogP contribution in [0.5, 0.6) is 0 Å². The summed E-state index contributed by atoms with van der Waals surface area (Å²) in [6.07, 6.45) is 3.36. The summed E-state index contributed by atoms with van der Waals surface area (Å²) in [6.45, 7) is 5.72. The molecule has 2 saturated heterocycles. The van der Waals surface area contributed by atoms with Gasteiger partial charge in [-0.05, 0) is 19.8 Å². The molecule has 0 radical (unpaired) electrons. The van der Waals surface area contributed by atoms with Gasteiger partial charge < -0.3 is 20.3 Å². The van der Waals surface area contributed by atoms with Crippen molar-refractivity contribution >= 4 is 22.4 Å². The molecule has 0 spiro atoms. The molecule has 0 bridgehead atoms. The Morgan fingerprint density at radius 2 is 2.19 bits per heavy atom. The largest absolute Gasteiger partial charge is 0.364 e. The second-order valence-electron chi connectivity index (χ2n) is 5.63. The molecule has 2 N–H and O–H groups in total. The smallest absolute Gasteiger partial charge is 0.251 e. The molecule has 0 aliphatic carbocycles. The van der Waals surface area contributed by atoms with Gasteiger partial charge in [0.1, 0.15) is 6.10 Å². The number of hydrogen-bond donors (Lipinski definition) is 1. The number of nitrogens with two attached hydrogens (primary N) is 1. The molecule has 2 atom stereocenters. The average Bonchev–Trinajstić information content (AvgIpc) is 3.15. The van der Waals surface area contributed by atoms with Crippen LogP contribution < -0.4 is 10.6 Å². The van der Waals surface area contributed by atoms with Gasteiger partial charge in [0.15, 0.2) is 5.13 Å². The average molecular weight is 310 g/mol. The first-order valence-corrected chi connectivity index (χ1v) is 8.30. The number of piperazine rings is 1. The van der Waals surface area contributed by atoms with E-state index in [0.717, 1.165) is 44.2 Å². The fraction of sp³-hybridized carbons (Fsp3) is 0.714. The van der Waals surface area contributed by atoms with Gasteiger partial charge in [0.05, 0.1) is 6.10 Å². The summed E-state index contributed by atoms with van der Waals surface area (Å²) in [7, 11) is 0. The molecule has 7 heteroatoms. The Hall–Kier alpha value is -1.18. The van der Waals surface area contributed by atoms with Crippen molar-refractivity contribution in [3.05, 3.63) is 11.1 Å². The van der Waals surface area contributed by atoms with Crippen LogP contribution in [0, 0.1) is 6.92 Å². The first kappa shape index (κ1) is 14.7. The number of nitrogens with zero attached hydrogens (tertiary/aromatic N) is 3. The number of thiazole rings is 1. The lowest BCUT2D eigenvalue weighted by atomic mass is 10.1. The van der Waals surface area contributed by atoms with E-state index in [0.29, 0.717) is 6.54 Å². The molecular formula is C14H22N4O2S. The molecule has 3 heterocycles. The first-order valence-electron chi connectivity index (χ1n) is 7.49. The summed E-state index contributed by atoms with van der Waals surface area (Å²) in [5.41, 5.74) is 5.60. The molecular weight excluding hydrogens is 288 g/mol. The maximum Gasteiger partial charge on any atom is 0.251 e. The molecule has 0 saturated carbocycles. The molecule has 2 aliphatic rings. The van der Waals surface area contributed by atoms with Gasteiger partial charge in [-0.15, -0.1) is 11.3 Å². The third kappa shape index (κ3) is 3.20. The maximum absolute atomic E-state index is 12.4. The third-order valence-electron chi connectivity index (χ3n) is 4.12. The number of rotatable bonds is 3. The van der Waals surface area contributed by atoms with E-state index in [4.69, 9.17) is 10.5 Å². The Morgan fingerprint density at radius 3 is 2.76 bits per heavy atom. The van der Waals surface area contributed by atoms with E-state index in [1.807, 2.05) is 11.1 Å². The minimum atomic E-state index is -0.285. The van der Waals surface area contributed by atoms with Crippen LogP contribution in [-0.4, -0.2) is 60.7 Å². The Labute approximate surface area is 128 Å². The number of aryl methyl sites for hydroxylation is 1. The van der Waals surface area contributed by atoms with Gasteiger partial charge in [-0.2, -0.15) is 0 Å². The fourth-order valence-electron chi connectivity index (χ4n) is 2.87. The van der Waals surface area contributed by atoms with E-state index < -0.39 is 0 Å². The molecule has 2 aliphatic heterocycles. The summed E-state index contributed by atoms with van der Waals surface area (Å²) in [5.74, 6) is 0.126. The van der Waals surface area contributed by atoms with Crippen molar-refractivity contribution in [3.63, 3.8) is 0 Å². The van der Waals surface area contributed by atoms with Crippen molar-refractivity contribution in [1.82, 2.24) is 9.88 Å². The number of amides is 1. The van der Waals surface area contributed by atoms with Crippen molar-refractivity contribution in [2.45, 2.75) is 32.0 Å². The highest BCUT2D eigenvalue weighted by molar-refractivity contribution is 7.15. The van der Waals surface area contributed by atoms with Gasteiger partial charge in [0.2, 0.25) is 0 Å². The van der Waals surface area contributed by atoms with Crippen molar-refractivity contribution < 1.29 is 9.53 Å². The first-order chi connectivity index (χ1) is 10.2. The van der Waals surface area contributed by atoms with E-state index in [1.54, 1.807) is 11.3 Å². The molecule has 21 heavy (non-hydrogen) atoms. The molecule has 116 valence electrons. The van der Waals surface area contributed by atoms with Crippen molar-refractivity contribution in [2.75, 3.05) is 37.6 Å². The zero-order valence-corrected chi connectivity index (χ0v) is 13.1. The van der Waals surface area contributed by atoms with E-state index in [9.17, 15) is 4.79 Å². The second kappa shape index (κ2) is 6.29. The number of ether oxygens (including phenoxy) is 1. The molecule has 1 aromatic heterocycles. The topological polar surface area (TPSA) is 71.7 Å². The lowest BCUT2D eigenvalue weighted by molar-refractivity contribution is -0.143. The van der Waals surface area contributed by atoms with Crippen LogP contribution in [0.2, 0.25) is 0 Å². The summed E-state index contributed by atoms with van der Waals surface area (Å²) in [6, 6.07) is 0. The van der Waals surface area contributed by atoms with E-state index >= 15 is 0 Å². The van der Waals surface area contributed by atoms with Crippen LogP contribution in [-0.2, 0) is 9.53 Å². The van der Waals surface area contributed by atoms with E-state index in [-0.39, 0.29) is 18.1 Å². The zero-order valence-electron chi connectivity index (χ0n) is 12.3. The van der Waals surface area contributed by atoms with Crippen molar-refractivity contribution in [1.29, 1.82) is 0 Å². The molecule has 0 unspecified atom stereocenters. The molecule has 1 amide bonds. The molecule has 0 aromatic carbocycles. The molecule has 3 rings (SSSR count). The highest BCUT2D eigenvalue weighted by atomic mass is 32.1. The van der Waals surface area contributed by atoms with Crippen LogP contribution in [0.25, 0.3) is 0 Å². The minimum Gasteiger partial charge on any atom is -0.364 e. The Morgan fingerprint density at radius 1 is 1.43 bits per heavy atom. The highest BCUT2D eigenvalue weighted by Crippen LogP contribution is 2.24. The Kier molecular flexibility index (Phi) is 4.42. The summed E-state index contributed by atoms with van der Waals surface area (Å²) >= 11 is 1.71. The molecule has 1 aromatic rings. The molecule has 2 fully saturated rings.